The molecule has 1 aromatic heterocycles. The molecular formula is C9H14N2O3. The molecule has 2 N–H and O–H groups in total. The van der Waals surface area contributed by atoms with Crippen molar-refractivity contribution in [1.29, 1.82) is 0 Å². The lowest BCUT2D eigenvalue weighted by molar-refractivity contribution is 0.143. The molecule has 14 heavy (non-hydrogen) atoms. The van der Waals surface area contributed by atoms with Gasteiger partial charge in [0.1, 0.15) is 6.61 Å². The zero-order valence-electron chi connectivity index (χ0n) is 8.32. The van der Waals surface area contributed by atoms with Gasteiger partial charge in [0.2, 0.25) is 11.8 Å². The molecule has 78 valence electrons. The Labute approximate surface area is 82.8 Å². The summed E-state index contributed by atoms with van der Waals surface area (Å²) < 4.78 is 15.1. The summed E-state index contributed by atoms with van der Waals surface area (Å²) in [5.41, 5.74) is 6.13. The van der Waals surface area contributed by atoms with Gasteiger partial charge in [-0.2, -0.15) is 4.98 Å². The minimum absolute atomic E-state index is 0.376. The standard InChI is InChI=1S/C9H14N2O3/c1-12-5-6-14-9-7(10)3-4-8(11-9)13-2/h3-4H,5-6,10H2,1-2H3. The first kappa shape index (κ1) is 10.6. The van der Waals surface area contributed by atoms with Crippen molar-refractivity contribution < 1.29 is 14.2 Å². The lowest BCUT2D eigenvalue weighted by Crippen LogP contribution is -2.07. The Morgan fingerprint density at radius 3 is 2.71 bits per heavy atom. The minimum Gasteiger partial charge on any atom is -0.481 e. The topological polar surface area (TPSA) is 66.6 Å². The van der Waals surface area contributed by atoms with Crippen molar-refractivity contribution >= 4 is 5.69 Å². The maximum Gasteiger partial charge on any atom is 0.240 e. The highest BCUT2D eigenvalue weighted by Crippen LogP contribution is 2.21. The van der Waals surface area contributed by atoms with Gasteiger partial charge in [0.25, 0.3) is 0 Å². The highest BCUT2D eigenvalue weighted by atomic mass is 16.5. The molecule has 0 amide bonds. The first-order chi connectivity index (χ1) is 6.77. The largest absolute Gasteiger partial charge is 0.481 e. The number of nitrogens with two attached hydrogens (primary N) is 1. The normalized spacial score (nSPS) is 9.86. The van der Waals surface area contributed by atoms with E-state index in [1.54, 1.807) is 19.2 Å². The van der Waals surface area contributed by atoms with Crippen molar-refractivity contribution in [1.82, 2.24) is 4.98 Å². The summed E-state index contributed by atoms with van der Waals surface area (Å²) in [6.07, 6.45) is 0. The molecule has 0 aliphatic rings. The third-order valence-electron chi connectivity index (χ3n) is 1.60. The molecule has 0 fully saturated rings. The molecule has 1 aromatic rings. The fourth-order valence-corrected chi connectivity index (χ4v) is 0.885. The van der Waals surface area contributed by atoms with Crippen LogP contribution in [0.25, 0.3) is 0 Å². The molecule has 1 rings (SSSR count). The van der Waals surface area contributed by atoms with Crippen LogP contribution in [0.5, 0.6) is 11.8 Å². The first-order valence-electron chi connectivity index (χ1n) is 4.20. The number of methoxy groups -OCH3 is 2. The van der Waals surface area contributed by atoms with E-state index in [1.165, 1.54) is 7.11 Å². The number of pyridine rings is 1. The molecule has 0 saturated heterocycles. The van der Waals surface area contributed by atoms with E-state index in [0.29, 0.717) is 30.7 Å². The van der Waals surface area contributed by atoms with Crippen LogP contribution in [0.3, 0.4) is 0 Å². The quantitative estimate of drug-likeness (QED) is 0.705. The predicted molar refractivity (Wildman–Crippen MR) is 52.6 cm³/mol. The molecule has 0 saturated carbocycles. The van der Waals surface area contributed by atoms with E-state index in [2.05, 4.69) is 4.98 Å². The third kappa shape index (κ3) is 2.77. The van der Waals surface area contributed by atoms with Gasteiger partial charge < -0.3 is 19.9 Å². The van der Waals surface area contributed by atoms with Gasteiger partial charge >= 0.3 is 0 Å². The minimum atomic E-state index is 0.376. The van der Waals surface area contributed by atoms with Gasteiger partial charge in [0.05, 0.1) is 19.4 Å². The molecular weight excluding hydrogens is 184 g/mol. The summed E-state index contributed by atoms with van der Waals surface area (Å²) in [5, 5.41) is 0. The number of aromatic nitrogens is 1. The fraction of sp³-hybridized carbons (Fsp3) is 0.444. The van der Waals surface area contributed by atoms with Crippen molar-refractivity contribution in [2.24, 2.45) is 0 Å². The zero-order valence-corrected chi connectivity index (χ0v) is 8.32. The van der Waals surface area contributed by atoms with Crippen LogP contribution < -0.4 is 15.2 Å². The number of ether oxygens (including phenoxy) is 3. The maximum absolute atomic E-state index is 5.64. The SMILES string of the molecule is COCCOc1nc(OC)ccc1N. The molecule has 0 aliphatic carbocycles. The Morgan fingerprint density at radius 2 is 2.07 bits per heavy atom. The summed E-state index contributed by atoms with van der Waals surface area (Å²) in [6, 6.07) is 3.37. The smallest absolute Gasteiger partial charge is 0.240 e. The first-order valence-corrected chi connectivity index (χ1v) is 4.20. The summed E-state index contributed by atoms with van der Waals surface area (Å²) in [4.78, 5) is 4.04. The average Bonchev–Trinajstić information content (AvgIpc) is 2.21. The second-order valence-corrected chi connectivity index (χ2v) is 2.59. The number of nitrogen functional groups attached to an aromatic ring is 1. The molecule has 0 aliphatic heterocycles. The average molecular weight is 198 g/mol. The van der Waals surface area contributed by atoms with Gasteiger partial charge in [0.15, 0.2) is 0 Å². The number of nitrogens with zero attached hydrogens (tertiary/aromatic N) is 1. The van der Waals surface area contributed by atoms with E-state index in [4.69, 9.17) is 19.9 Å². The predicted octanol–water partition coefficient (Wildman–Crippen LogP) is 0.698. The van der Waals surface area contributed by atoms with Crippen LogP contribution in [-0.4, -0.2) is 32.4 Å². The van der Waals surface area contributed by atoms with Crippen LogP contribution in [0.15, 0.2) is 12.1 Å². The summed E-state index contributed by atoms with van der Waals surface area (Å²) in [6.45, 7) is 0.916. The summed E-state index contributed by atoms with van der Waals surface area (Å²) in [5.74, 6) is 0.855. The van der Waals surface area contributed by atoms with Gasteiger partial charge in [0, 0.05) is 13.2 Å². The monoisotopic (exact) mass is 198 g/mol. The van der Waals surface area contributed by atoms with Crippen molar-refractivity contribution in [2.45, 2.75) is 0 Å². The number of hydrogen-bond acceptors (Lipinski definition) is 5. The maximum atomic E-state index is 5.64. The summed E-state index contributed by atoms with van der Waals surface area (Å²) in [7, 11) is 3.14. The van der Waals surface area contributed by atoms with Crippen molar-refractivity contribution in [3.63, 3.8) is 0 Å². The van der Waals surface area contributed by atoms with Crippen LogP contribution in [0.1, 0.15) is 0 Å². The highest BCUT2D eigenvalue weighted by molar-refractivity contribution is 5.49. The van der Waals surface area contributed by atoms with Gasteiger partial charge in [-0.15, -0.1) is 0 Å². The van der Waals surface area contributed by atoms with Crippen molar-refractivity contribution in [3.8, 4) is 11.8 Å². The van der Waals surface area contributed by atoms with E-state index in [0.717, 1.165) is 0 Å². The Kier molecular flexibility index (Phi) is 4.00. The Bertz CT molecular complexity index is 291. The van der Waals surface area contributed by atoms with Crippen LogP contribution in [0.4, 0.5) is 5.69 Å². The van der Waals surface area contributed by atoms with Crippen LogP contribution in [0, 0.1) is 0 Å². The molecule has 0 unspecified atom stereocenters. The van der Waals surface area contributed by atoms with Gasteiger partial charge in [-0.3, -0.25) is 0 Å². The summed E-state index contributed by atoms with van der Waals surface area (Å²) >= 11 is 0. The third-order valence-corrected chi connectivity index (χ3v) is 1.60. The van der Waals surface area contributed by atoms with Crippen molar-refractivity contribution in [3.05, 3.63) is 12.1 Å². The van der Waals surface area contributed by atoms with Crippen LogP contribution in [-0.2, 0) is 4.74 Å². The van der Waals surface area contributed by atoms with Crippen molar-refractivity contribution in [2.75, 3.05) is 33.2 Å². The molecule has 5 heteroatoms. The van der Waals surface area contributed by atoms with Gasteiger partial charge in [-0.05, 0) is 6.07 Å². The second-order valence-electron chi connectivity index (χ2n) is 2.59. The van der Waals surface area contributed by atoms with E-state index in [9.17, 15) is 0 Å². The van der Waals surface area contributed by atoms with E-state index in [1.807, 2.05) is 0 Å². The van der Waals surface area contributed by atoms with E-state index >= 15 is 0 Å². The van der Waals surface area contributed by atoms with Crippen LogP contribution in [0.2, 0.25) is 0 Å². The molecule has 0 radical (unpaired) electrons. The molecule has 1 heterocycles. The molecule has 0 spiro atoms. The highest BCUT2D eigenvalue weighted by Gasteiger charge is 2.03. The van der Waals surface area contributed by atoms with E-state index < -0.39 is 0 Å². The molecule has 0 bridgehead atoms. The number of hydrogen-bond donors (Lipinski definition) is 1. The van der Waals surface area contributed by atoms with E-state index in [-0.39, 0.29) is 0 Å². The lowest BCUT2D eigenvalue weighted by Gasteiger charge is -2.08. The van der Waals surface area contributed by atoms with Gasteiger partial charge in [-0.25, -0.2) is 0 Å². The number of anilines is 1. The Hall–Kier alpha value is -1.49. The molecule has 0 aromatic carbocycles. The zero-order chi connectivity index (χ0) is 10.4. The molecule has 5 nitrogen and oxygen atoms in total. The van der Waals surface area contributed by atoms with Gasteiger partial charge in [-0.1, -0.05) is 0 Å². The number of rotatable bonds is 5. The fourth-order valence-electron chi connectivity index (χ4n) is 0.885. The Balaban J connectivity index is 2.64. The lowest BCUT2D eigenvalue weighted by atomic mass is 10.4. The second kappa shape index (κ2) is 5.29. The molecule has 0 atom stereocenters. The van der Waals surface area contributed by atoms with Crippen LogP contribution >= 0.6 is 0 Å². The Morgan fingerprint density at radius 1 is 1.29 bits per heavy atom.